The summed E-state index contributed by atoms with van der Waals surface area (Å²) in [5.74, 6) is 0.512. The molecule has 134 valence electrons. The third kappa shape index (κ3) is 3.51. The van der Waals surface area contributed by atoms with Crippen LogP contribution in [0.15, 0.2) is 23.1 Å². The van der Waals surface area contributed by atoms with Gasteiger partial charge in [0.2, 0.25) is 10.0 Å². The first-order chi connectivity index (χ1) is 11.2. The monoisotopic (exact) mass is 373 g/mol. The highest BCUT2D eigenvalue weighted by Gasteiger charge is 2.39. The fourth-order valence-electron chi connectivity index (χ4n) is 3.66. The summed E-state index contributed by atoms with van der Waals surface area (Å²) < 4.78 is 50.7. The Morgan fingerprint density at radius 1 is 1.17 bits per heavy atom. The van der Waals surface area contributed by atoms with Crippen LogP contribution >= 0.6 is 0 Å². The molecular formula is C16H25N2O4S2+. The zero-order valence-corrected chi connectivity index (χ0v) is 15.8. The van der Waals surface area contributed by atoms with Crippen LogP contribution in [0.1, 0.15) is 17.5 Å². The van der Waals surface area contributed by atoms with Gasteiger partial charge in [0.15, 0.2) is 9.84 Å². The maximum atomic E-state index is 12.9. The molecule has 1 aromatic rings. The van der Waals surface area contributed by atoms with Gasteiger partial charge in [0.1, 0.15) is 11.8 Å². The molecule has 8 heteroatoms. The lowest BCUT2D eigenvalue weighted by molar-refractivity contribution is -0.925. The molecule has 0 radical (unpaired) electrons. The highest BCUT2D eigenvalue weighted by molar-refractivity contribution is 7.91. The summed E-state index contributed by atoms with van der Waals surface area (Å²) >= 11 is 0. The van der Waals surface area contributed by atoms with Gasteiger partial charge < -0.3 is 4.90 Å². The van der Waals surface area contributed by atoms with Crippen molar-refractivity contribution in [3.05, 3.63) is 29.3 Å². The molecule has 0 unspecified atom stereocenters. The van der Waals surface area contributed by atoms with Crippen molar-refractivity contribution in [3.8, 4) is 0 Å². The van der Waals surface area contributed by atoms with Gasteiger partial charge in [-0.05, 0) is 31.0 Å². The van der Waals surface area contributed by atoms with Crippen LogP contribution in [0.4, 0.5) is 0 Å². The van der Waals surface area contributed by atoms with Crippen LogP contribution in [-0.4, -0.2) is 64.9 Å². The summed E-state index contributed by atoms with van der Waals surface area (Å²) in [5, 5.41) is 0. The van der Waals surface area contributed by atoms with E-state index in [1.54, 1.807) is 10.4 Å². The van der Waals surface area contributed by atoms with Crippen LogP contribution in [0.25, 0.3) is 0 Å². The van der Waals surface area contributed by atoms with Crippen molar-refractivity contribution in [3.63, 3.8) is 0 Å². The first kappa shape index (κ1) is 17.8. The number of benzene rings is 1. The first-order valence-electron chi connectivity index (χ1n) is 8.31. The predicted molar refractivity (Wildman–Crippen MR) is 92.4 cm³/mol. The van der Waals surface area contributed by atoms with E-state index < -0.39 is 19.9 Å². The SMILES string of the molecule is Cc1ccc(C)c(S(=O)(=O)N2CC[NH+]([C@H]3CCS(=O)(=O)C3)CC2)c1. The lowest BCUT2D eigenvalue weighted by Crippen LogP contribution is -3.18. The molecule has 1 atom stereocenters. The molecule has 2 saturated heterocycles. The van der Waals surface area contributed by atoms with Crippen LogP contribution in [0.3, 0.4) is 0 Å². The van der Waals surface area contributed by atoms with Crippen molar-refractivity contribution in [1.29, 1.82) is 0 Å². The number of hydrogen-bond acceptors (Lipinski definition) is 4. The Morgan fingerprint density at radius 3 is 2.42 bits per heavy atom. The third-order valence-corrected chi connectivity index (χ3v) is 8.94. The molecule has 1 aromatic carbocycles. The maximum absolute atomic E-state index is 12.9. The molecule has 2 heterocycles. The van der Waals surface area contributed by atoms with Crippen molar-refractivity contribution >= 4 is 19.9 Å². The van der Waals surface area contributed by atoms with Gasteiger partial charge in [-0.2, -0.15) is 4.31 Å². The number of nitrogens with one attached hydrogen (secondary N) is 1. The minimum atomic E-state index is -3.48. The van der Waals surface area contributed by atoms with E-state index in [4.69, 9.17) is 0 Å². The van der Waals surface area contributed by atoms with Crippen molar-refractivity contribution in [2.45, 2.75) is 31.2 Å². The van der Waals surface area contributed by atoms with E-state index >= 15 is 0 Å². The summed E-state index contributed by atoms with van der Waals surface area (Å²) in [5.41, 5.74) is 1.69. The molecule has 0 amide bonds. The number of aryl methyl sites for hydroxylation is 2. The van der Waals surface area contributed by atoms with Gasteiger partial charge in [0.05, 0.1) is 36.8 Å². The Bertz CT molecular complexity index is 826. The van der Waals surface area contributed by atoms with Crippen molar-refractivity contribution in [2.75, 3.05) is 37.7 Å². The van der Waals surface area contributed by atoms with Crippen molar-refractivity contribution in [1.82, 2.24) is 4.31 Å². The Hall–Kier alpha value is -0.960. The van der Waals surface area contributed by atoms with Crippen LogP contribution in [0.5, 0.6) is 0 Å². The van der Waals surface area contributed by atoms with Gasteiger partial charge in [-0.25, -0.2) is 16.8 Å². The molecule has 24 heavy (non-hydrogen) atoms. The highest BCUT2D eigenvalue weighted by atomic mass is 32.2. The molecule has 2 fully saturated rings. The summed E-state index contributed by atoms with van der Waals surface area (Å²) in [6.45, 7) is 5.94. The predicted octanol–water partition coefficient (Wildman–Crippen LogP) is -0.620. The Labute approximate surface area is 144 Å². The lowest BCUT2D eigenvalue weighted by atomic mass is 10.2. The van der Waals surface area contributed by atoms with Gasteiger partial charge in [-0.1, -0.05) is 12.1 Å². The van der Waals surface area contributed by atoms with Crippen LogP contribution < -0.4 is 4.90 Å². The molecule has 0 aliphatic carbocycles. The fourth-order valence-corrected chi connectivity index (χ4v) is 7.24. The molecule has 0 saturated carbocycles. The molecule has 3 rings (SSSR count). The minimum Gasteiger partial charge on any atom is -0.329 e. The molecule has 0 bridgehead atoms. The summed E-state index contributed by atoms with van der Waals surface area (Å²) in [4.78, 5) is 1.61. The maximum Gasteiger partial charge on any atom is 0.243 e. The number of sulfone groups is 1. The number of sulfonamides is 1. The molecule has 0 aromatic heterocycles. The Morgan fingerprint density at radius 2 is 1.83 bits per heavy atom. The minimum absolute atomic E-state index is 0.126. The second-order valence-corrected chi connectivity index (χ2v) is 11.1. The number of piperazine rings is 1. The summed E-state index contributed by atoms with van der Waals surface area (Å²) in [7, 11) is -6.38. The highest BCUT2D eigenvalue weighted by Crippen LogP contribution is 2.21. The van der Waals surface area contributed by atoms with Crippen LogP contribution in [-0.2, 0) is 19.9 Å². The molecule has 1 N–H and O–H groups in total. The van der Waals surface area contributed by atoms with Crippen LogP contribution in [0.2, 0.25) is 0 Å². The second-order valence-electron chi connectivity index (χ2n) is 6.93. The first-order valence-corrected chi connectivity index (χ1v) is 11.6. The van der Waals surface area contributed by atoms with E-state index in [1.807, 2.05) is 26.0 Å². The third-order valence-electron chi connectivity index (χ3n) is 5.14. The number of hydrogen-bond donors (Lipinski definition) is 1. The average Bonchev–Trinajstić information content (AvgIpc) is 2.90. The molecular weight excluding hydrogens is 348 g/mol. The van der Waals surface area contributed by atoms with Gasteiger partial charge in [-0.15, -0.1) is 0 Å². The van der Waals surface area contributed by atoms with E-state index in [-0.39, 0.29) is 17.5 Å². The fraction of sp³-hybridized carbons (Fsp3) is 0.625. The average molecular weight is 374 g/mol. The second kappa shape index (κ2) is 6.40. The van der Waals surface area contributed by atoms with Gasteiger partial charge in [0.25, 0.3) is 0 Å². The molecule has 2 aliphatic rings. The van der Waals surface area contributed by atoms with E-state index in [0.29, 0.717) is 37.5 Å². The largest absolute Gasteiger partial charge is 0.329 e. The topological polar surface area (TPSA) is 76.0 Å². The smallest absolute Gasteiger partial charge is 0.243 e. The summed E-state index contributed by atoms with van der Waals surface area (Å²) in [6, 6.07) is 5.61. The normalized spacial score (nSPS) is 25.8. The van der Waals surface area contributed by atoms with Gasteiger partial charge in [-0.3, -0.25) is 0 Å². The molecule has 0 spiro atoms. The van der Waals surface area contributed by atoms with E-state index in [0.717, 1.165) is 11.1 Å². The van der Waals surface area contributed by atoms with Crippen molar-refractivity contribution < 1.29 is 21.7 Å². The Kier molecular flexibility index (Phi) is 4.76. The summed E-state index contributed by atoms with van der Waals surface area (Å²) in [6.07, 6.45) is 0.696. The zero-order valence-electron chi connectivity index (χ0n) is 14.2. The number of quaternary nitrogens is 1. The van der Waals surface area contributed by atoms with E-state index in [2.05, 4.69) is 0 Å². The van der Waals surface area contributed by atoms with Gasteiger partial charge in [0, 0.05) is 6.42 Å². The molecule has 6 nitrogen and oxygen atoms in total. The quantitative estimate of drug-likeness (QED) is 0.766. The van der Waals surface area contributed by atoms with Crippen LogP contribution in [0, 0.1) is 13.8 Å². The molecule has 2 aliphatic heterocycles. The lowest BCUT2D eigenvalue weighted by Gasteiger charge is -2.34. The standard InChI is InChI=1S/C16H24N2O4S2/c1-13-3-4-14(2)16(11-13)24(21,22)18-8-6-17(7-9-18)15-5-10-23(19,20)12-15/h3-4,11,15H,5-10,12H2,1-2H3/p+1/t15-/m0/s1. The number of rotatable bonds is 3. The Balaban J connectivity index is 1.71. The van der Waals surface area contributed by atoms with Gasteiger partial charge >= 0.3 is 0 Å². The zero-order chi connectivity index (χ0) is 17.5. The van der Waals surface area contributed by atoms with Crippen molar-refractivity contribution in [2.24, 2.45) is 0 Å². The number of nitrogens with zero attached hydrogens (tertiary/aromatic N) is 1. The van der Waals surface area contributed by atoms with E-state index in [1.165, 1.54) is 4.90 Å². The van der Waals surface area contributed by atoms with E-state index in [9.17, 15) is 16.8 Å².